The summed E-state index contributed by atoms with van der Waals surface area (Å²) in [5.74, 6) is -1.18. The first-order valence-electron chi connectivity index (χ1n) is 6.53. The molecule has 0 atom stereocenters. The van der Waals surface area contributed by atoms with E-state index in [0.29, 0.717) is 23.0 Å². The van der Waals surface area contributed by atoms with E-state index in [0.717, 1.165) is 11.8 Å². The zero-order chi connectivity index (χ0) is 16.0. The number of halogens is 1. The summed E-state index contributed by atoms with van der Waals surface area (Å²) in [7, 11) is 0. The monoisotopic (exact) mass is 310 g/mol. The highest BCUT2D eigenvalue weighted by atomic mass is 35.5. The third-order valence-corrected chi connectivity index (χ3v) is 2.90. The number of anilines is 1. The second-order valence-electron chi connectivity index (χ2n) is 5.12. The largest absolute Gasteiger partial charge is 0.478 e. The van der Waals surface area contributed by atoms with Gasteiger partial charge in [-0.05, 0) is 35.8 Å². The number of carbonyl (C=O) groups excluding carboxylic acids is 1. The molecule has 1 rings (SSSR count). The van der Waals surface area contributed by atoms with Crippen LogP contribution in [-0.2, 0) is 9.59 Å². The average Bonchev–Trinajstić information content (AvgIpc) is 2.34. The summed E-state index contributed by atoms with van der Waals surface area (Å²) in [6.45, 7) is 4.74. The molecule has 0 bridgehead atoms. The molecule has 0 spiro atoms. The van der Waals surface area contributed by atoms with Gasteiger partial charge in [-0.1, -0.05) is 25.4 Å². The Labute approximate surface area is 129 Å². The zero-order valence-corrected chi connectivity index (χ0v) is 12.8. The van der Waals surface area contributed by atoms with Crippen LogP contribution in [0.4, 0.5) is 5.69 Å². The van der Waals surface area contributed by atoms with Crippen LogP contribution in [0.3, 0.4) is 0 Å². The Morgan fingerprint density at radius 1 is 1.43 bits per heavy atom. The van der Waals surface area contributed by atoms with Crippen LogP contribution < -0.4 is 10.6 Å². The Kier molecular flexibility index (Phi) is 6.24. The van der Waals surface area contributed by atoms with Gasteiger partial charge in [0.1, 0.15) is 0 Å². The van der Waals surface area contributed by atoms with Crippen molar-refractivity contribution in [2.75, 3.05) is 18.0 Å². The highest BCUT2D eigenvalue weighted by Crippen LogP contribution is 2.26. The van der Waals surface area contributed by atoms with Gasteiger partial charge in [-0.3, -0.25) is 4.79 Å². The molecule has 0 aliphatic heterocycles. The lowest BCUT2D eigenvalue weighted by Crippen LogP contribution is -2.36. The van der Waals surface area contributed by atoms with Crippen molar-refractivity contribution < 1.29 is 14.7 Å². The summed E-state index contributed by atoms with van der Waals surface area (Å²) in [5.41, 5.74) is 6.65. The molecule has 0 unspecified atom stereocenters. The summed E-state index contributed by atoms with van der Waals surface area (Å²) in [6.07, 6.45) is 2.49. The van der Waals surface area contributed by atoms with Crippen molar-refractivity contribution in [3.8, 4) is 0 Å². The lowest BCUT2D eigenvalue weighted by molar-refractivity contribution is -0.131. The van der Waals surface area contributed by atoms with Crippen molar-refractivity contribution in [1.29, 1.82) is 0 Å². The molecule has 1 aromatic rings. The van der Waals surface area contributed by atoms with E-state index in [4.69, 9.17) is 22.4 Å². The van der Waals surface area contributed by atoms with Crippen LogP contribution in [0.15, 0.2) is 24.3 Å². The number of carbonyl (C=O) groups is 2. The molecular weight excluding hydrogens is 292 g/mol. The molecule has 0 saturated heterocycles. The molecule has 0 aliphatic rings. The third-order valence-electron chi connectivity index (χ3n) is 2.67. The van der Waals surface area contributed by atoms with Crippen LogP contribution in [0.25, 0.3) is 6.08 Å². The van der Waals surface area contributed by atoms with Crippen molar-refractivity contribution >= 4 is 35.2 Å². The predicted octanol–water partition coefficient (Wildman–Crippen LogP) is 2.39. The standard InChI is InChI=1S/C15H19ClN2O3/c1-10(2)8-18(9-14(17)19)13-5-4-12(16)7-11(13)3-6-15(20)21/h3-7,10H,8-9H2,1-2H3,(H2,17,19)(H,20,21)/b6-3+. The maximum Gasteiger partial charge on any atom is 0.328 e. The molecule has 0 radical (unpaired) electrons. The van der Waals surface area contributed by atoms with E-state index in [9.17, 15) is 9.59 Å². The molecule has 0 saturated carbocycles. The minimum atomic E-state index is -1.05. The van der Waals surface area contributed by atoms with E-state index >= 15 is 0 Å². The number of hydrogen-bond acceptors (Lipinski definition) is 3. The quantitative estimate of drug-likeness (QED) is 0.757. The molecule has 5 nitrogen and oxygen atoms in total. The highest BCUT2D eigenvalue weighted by molar-refractivity contribution is 6.30. The van der Waals surface area contributed by atoms with Crippen molar-refractivity contribution in [3.05, 3.63) is 34.9 Å². The second-order valence-corrected chi connectivity index (χ2v) is 5.55. The number of carboxylic acids is 1. The van der Waals surface area contributed by atoms with Gasteiger partial charge in [0.05, 0.1) is 6.54 Å². The maximum absolute atomic E-state index is 11.3. The fourth-order valence-electron chi connectivity index (χ4n) is 1.98. The average molecular weight is 311 g/mol. The molecule has 1 amide bonds. The number of nitrogens with zero attached hydrogens (tertiary/aromatic N) is 1. The highest BCUT2D eigenvalue weighted by Gasteiger charge is 2.14. The zero-order valence-electron chi connectivity index (χ0n) is 12.0. The summed E-state index contributed by atoms with van der Waals surface area (Å²) in [5, 5.41) is 9.25. The normalized spacial score (nSPS) is 11.0. The van der Waals surface area contributed by atoms with Crippen LogP contribution in [0, 0.1) is 5.92 Å². The minimum absolute atomic E-state index is 0.0632. The molecule has 0 heterocycles. The number of carboxylic acid groups (broad SMARTS) is 1. The second kappa shape index (κ2) is 7.69. The summed E-state index contributed by atoms with van der Waals surface area (Å²) >= 11 is 5.96. The van der Waals surface area contributed by atoms with Crippen LogP contribution in [0.2, 0.25) is 5.02 Å². The van der Waals surface area contributed by atoms with Gasteiger partial charge in [0.2, 0.25) is 5.91 Å². The Balaban J connectivity index is 3.22. The SMILES string of the molecule is CC(C)CN(CC(N)=O)c1ccc(Cl)cc1/C=C/C(=O)O. The summed E-state index contributed by atoms with van der Waals surface area (Å²) in [4.78, 5) is 23.8. The smallest absolute Gasteiger partial charge is 0.328 e. The number of hydrogen-bond donors (Lipinski definition) is 2. The van der Waals surface area contributed by atoms with E-state index in [1.807, 2.05) is 18.7 Å². The molecule has 3 N–H and O–H groups in total. The summed E-state index contributed by atoms with van der Waals surface area (Å²) in [6, 6.07) is 5.11. The van der Waals surface area contributed by atoms with E-state index in [2.05, 4.69) is 0 Å². The van der Waals surface area contributed by atoms with E-state index in [1.54, 1.807) is 18.2 Å². The lowest BCUT2D eigenvalue weighted by atomic mass is 10.1. The molecule has 114 valence electrons. The van der Waals surface area contributed by atoms with Crippen molar-refractivity contribution in [2.45, 2.75) is 13.8 Å². The van der Waals surface area contributed by atoms with Crippen LogP contribution in [0.1, 0.15) is 19.4 Å². The van der Waals surface area contributed by atoms with Gasteiger partial charge in [0.15, 0.2) is 0 Å². The lowest BCUT2D eigenvalue weighted by Gasteiger charge is -2.27. The van der Waals surface area contributed by atoms with Crippen LogP contribution in [0.5, 0.6) is 0 Å². The fourth-order valence-corrected chi connectivity index (χ4v) is 2.17. The minimum Gasteiger partial charge on any atom is -0.478 e. The number of rotatable bonds is 7. The Morgan fingerprint density at radius 3 is 2.62 bits per heavy atom. The van der Waals surface area contributed by atoms with Crippen molar-refractivity contribution in [1.82, 2.24) is 0 Å². The van der Waals surface area contributed by atoms with Gasteiger partial charge in [0.25, 0.3) is 0 Å². The number of benzene rings is 1. The third kappa shape index (κ3) is 5.87. The van der Waals surface area contributed by atoms with Gasteiger partial charge < -0.3 is 15.7 Å². The van der Waals surface area contributed by atoms with Gasteiger partial charge in [0, 0.05) is 23.3 Å². The number of nitrogens with two attached hydrogens (primary N) is 1. The first-order valence-corrected chi connectivity index (χ1v) is 6.91. The first-order chi connectivity index (χ1) is 9.79. The van der Waals surface area contributed by atoms with Crippen molar-refractivity contribution in [3.63, 3.8) is 0 Å². The van der Waals surface area contributed by atoms with Crippen molar-refractivity contribution in [2.24, 2.45) is 11.7 Å². The summed E-state index contributed by atoms with van der Waals surface area (Å²) < 4.78 is 0. The van der Waals surface area contributed by atoms with Gasteiger partial charge in [-0.25, -0.2) is 4.79 Å². The molecule has 21 heavy (non-hydrogen) atoms. The molecule has 1 aromatic carbocycles. The topological polar surface area (TPSA) is 83.6 Å². The van der Waals surface area contributed by atoms with E-state index in [1.165, 1.54) is 6.08 Å². The van der Waals surface area contributed by atoms with E-state index in [-0.39, 0.29) is 6.54 Å². The molecule has 0 aliphatic carbocycles. The fraction of sp³-hybridized carbons (Fsp3) is 0.333. The van der Waals surface area contributed by atoms with Crippen LogP contribution in [-0.4, -0.2) is 30.1 Å². The van der Waals surface area contributed by atoms with E-state index < -0.39 is 11.9 Å². The number of primary amides is 1. The Morgan fingerprint density at radius 2 is 2.10 bits per heavy atom. The molecular formula is C15H19ClN2O3. The number of amides is 1. The van der Waals surface area contributed by atoms with Gasteiger partial charge in [-0.15, -0.1) is 0 Å². The number of aliphatic carboxylic acids is 1. The molecule has 0 aromatic heterocycles. The van der Waals surface area contributed by atoms with Gasteiger partial charge in [-0.2, -0.15) is 0 Å². The molecule has 0 fully saturated rings. The molecule has 6 heteroatoms. The first kappa shape index (κ1) is 17.0. The van der Waals surface area contributed by atoms with Crippen LogP contribution >= 0.6 is 11.6 Å². The Hall–Kier alpha value is -2.01. The Bertz CT molecular complexity index is 556. The maximum atomic E-state index is 11.3. The predicted molar refractivity (Wildman–Crippen MR) is 84.4 cm³/mol. The van der Waals surface area contributed by atoms with Gasteiger partial charge >= 0.3 is 5.97 Å².